The van der Waals surface area contributed by atoms with Crippen molar-refractivity contribution in [2.24, 2.45) is 5.92 Å². The minimum Gasteiger partial charge on any atom is -0.394 e. The van der Waals surface area contributed by atoms with Gasteiger partial charge in [0.1, 0.15) is 0 Å². The van der Waals surface area contributed by atoms with Crippen molar-refractivity contribution in [2.75, 3.05) is 25.1 Å². The Morgan fingerprint density at radius 3 is 2.79 bits per heavy atom. The van der Waals surface area contributed by atoms with E-state index in [0.29, 0.717) is 6.42 Å². The van der Waals surface area contributed by atoms with Crippen LogP contribution in [0.5, 0.6) is 0 Å². The topological polar surface area (TPSA) is 56.7 Å². The van der Waals surface area contributed by atoms with Crippen molar-refractivity contribution in [2.45, 2.75) is 31.8 Å². The zero-order valence-corrected chi connectivity index (χ0v) is 16.5. The fourth-order valence-electron chi connectivity index (χ4n) is 4.83. The molecule has 0 aliphatic carbocycles. The van der Waals surface area contributed by atoms with E-state index >= 15 is 0 Å². The molecule has 0 bridgehead atoms. The summed E-state index contributed by atoms with van der Waals surface area (Å²) < 4.78 is 0. The highest BCUT2D eigenvalue weighted by molar-refractivity contribution is 5.80. The van der Waals surface area contributed by atoms with Crippen molar-refractivity contribution in [3.8, 4) is 0 Å². The van der Waals surface area contributed by atoms with Crippen LogP contribution in [0.25, 0.3) is 6.08 Å². The summed E-state index contributed by atoms with van der Waals surface area (Å²) in [7, 11) is 2.05. The molecule has 5 nitrogen and oxygen atoms in total. The zero-order valence-electron chi connectivity index (χ0n) is 16.5. The number of benzene rings is 1. The second-order valence-corrected chi connectivity index (χ2v) is 7.70. The van der Waals surface area contributed by atoms with Gasteiger partial charge in [0.05, 0.1) is 25.1 Å². The summed E-state index contributed by atoms with van der Waals surface area (Å²) in [6.07, 6.45) is 8.87. The summed E-state index contributed by atoms with van der Waals surface area (Å²) in [5.74, 6) is 0.382. The Bertz CT molecular complexity index is 881. The highest BCUT2D eigenvalue weighted by atomic mass is 16.3. The fraction of sp³-hybridized carbons (Fsp3) is 0.391. The number of nitrogens with zero attached hydrogens (tertiary/aromatic N) is 3. The lowest BCUT2D eigenvalue weighted by Gasteiger charge is -2.44. The molecular formula is C23H27N3O2. The predicted octanol–water partition coefficient (Wildman–Crippen LogP) is 3.06. The lowest BCUT2D eigenvalue weighted by Crippen LogP contribution is -2.48. The summed E-state index contributed by atoms with van der Waals surface area (Å²) in [6.45, 7) is 2.84. The molecule has 0 saturated carbocycles. The van der Waals surface area contributed by atoms with Crippen LogP contribution >= 0.6 is 0 Å². The van der Waals surface area contributed by atoms with Gasteiger partial charge in [-0.25, -0.2) is 0 Å². The Morgan fingerprint density at radius 1 is 1.29 bits per heavy atom. The van der Waals surface area contributed by atoms with E-state index in [-0.39, 0.29) is 30.5 Å². The fourth-order valence-corrected chi connectivity index (χ4v) is 4.83. The van der Waals surface area contributed by atoms with Gasteiger partial charge in [-0.2, -0.15) is 0 Å². The SMILES string of the molecule is C/C=C/c1ccc2c(c1)[C@H]1[C@H](CCN1C(=O)Cc1ccncc1)[C@H](CO)N2C. The Hall–Kier alpha value is -2.66. The molecule has 3 heterocycles. The van der Waals surface area contributed by atoms with Crippen LogP contribution in [0.2, 0.25) is 0 Å². The molecule has 0 spiro atoms. The largest absolute Gasteiger partial charge is 0.394 e. The Kier molecular flexibility index (Phi) is 5.18. The zero-order chi connectivity index (χ0) is 19.7. The molecule has 2 aliphatic heterocycles. The molecule has 4 rings (SSSR count). The average molecular weight is 377 g/mol. The number of rotatable bonds is 4. The monoisotopic (exact) mass is 377 g/mol. The van der Waals surface area contributed by atoms with E-state index in [4.69, 9.17) is 0 Å². The first-order chi connectivity index (χ1) is 13.6. The minimum absolute atomic E-state index is 0.0166. The average Bonchev–Trinajstić information content (AvgIpc) is 3.14. The number of amides is 1. The summed E-state index contributed by atoms with van der Waals surface area (Å²) in [4.78, 5) is 21.4. The third kappa shape index (κ3) is 3.20. The molecule has 1 aromatic heterocycles. The Morgan fingerprint density at radius 2 is 2.07 bits per heavy atom. The van der Waals surface area contributed by atoms with E-state index in [1.807, 2.05) is 37.1 Å². The highest BCUT2D eigenvalue weighted by Gasteiger charge is 2.47. The number of aromatic nitrogens is 1. The van der Waals surface area contributed by atoms with Crippen molar-refractivity contribution in [1.82, 2.24) is 9.88 Å². The van der Waals surface area contributed by atoms with Crippen LogP contribution in [0.3, 0.4) is 0 Å². The number of carbonyl (C=O) groups is 1. The van der Waals surface area contributed by atoms with Crippen LogP contribution in [-0.2, 0) is 11.2 Å². The second kappa shape index (κ2) is 7.76. The molecule has 2 aromatic rings. The van der Waals surface area contributed by atoms with E-state index in [1.54, 1.807) is 12.4 Å². The number of allylic oxidation sites excluding steroid dienone is 1. The molecule has 0 radical (unpaired) electrons. The third-order valence-corrected chi connectivity index (χ3v) is 6.16. The maximum Gasteiger partial charge on any atom is 0.227 e. The van der Waals surface area contributed by atoms with E-state index in [0.717, 1.165) is 29.8 Å². The lowest BCUT2D eigenvalue weighted by molar-refractivity contribution is -0.132. The number of likely N-dealkylation sites (N-methyl/N-ethyl adjacent to an activating group) is 1. The number of fused-ring (bicyclic) bond motifs is 3. The number of likely N-dealkylation sites (tertiary alicyclic amines) is 1. The van der Waals surface area contributed by atoms with Gasteiger partial charge in [0.25, 0.3) is 0 Å². The molecule has 146 valence electrons. The quantitative estimate of drug-likeness (QED) is 0.890. The van der Waals surface area contributed by atoms with Gasteiger partial charge < -0.3 is 14.9 Å². The van der Waals surface area contributed by atoms with Crippen molar-refractivity contribution in [3.63, 3.8) is 0 Å². The molecule has 1 amide bonds. The van der Waals surface area contributed by atoms with Crippen molar-refractivity contribution in [3.05, 3.63) is 65.5 Å². The third-order valence-electron chi connectivity index (χ3n) is 6.16. The van der Waals surface area contributed by atoms with Gasteiger partial charge in [0.2, 0.25) is 5.91 Å². The predicted molar refractivity (Wildman–Crippen MR) is 111 cm³/mol. The number of aliphatic hydroxyl groups excluding tert-OH is 1. The number of anilines is 1. The molecule has 1 N–H and O–H groups in total. The first-order valence-electron chi connectivity index (χ1n) is 9.92. The summed E-state index contributed by atoms with van der Waals surface area (Å²) in [6, 6.07) is 10.3. The number of aliphatic hydroxyl groups is 1. The molecule has 2 aliphatic rings. The number of hydrogen-bond acceptors (Lipinski definition) is 4. The van der Waals surface area contributed by atoms with Gasteiger partial charge in [0.15, 0.2) is 0 Å². The van der Waals surface area contributed by atoms with Crippen molar-refractivity contribution >= 4 is 17.7 Å². The molecule has 1 aromatic carbocycles. The van der Waals surface area contributed by atoms with Gasteiger partial charge in [-0.3, -0.25) is 9.78 Å². The van der Waals surface area contributed by atoms with E-state index in [2.05, 4.69) is 34.2 Å². The first kappa shape index (κ1) is 18.7. The van der Waals surface area contributed by atoms with E-state index in [1.165, 1.54) is 5.56 Å². The number of carbonyl (C=O) groups excluding carboxylic acids is 1. The minimum atomic E-state index is 0.0166. The smallest absolute Gasteiger partial charge is 0.227 e. The van der Waals surface area contributed by atoms with E-state index in [9.17, 15) is 9.90 Å². The molecule has 28 heavy (non-hydrogen) atoms. The molecular weight excluding hydrogens is 350 g/mol. The molecule has 3 atom stereocenters. The summed E-state index contributed by atoms with van der Waals surface area (Å²) >= 11 is 0. The van der Waals surface area contributed by atoms with Crippen LogP contribution in [0.15, 0.2) is 48.8 Å². The van der Waals surface area contributed by atoms with Gasteiger partial charge >= 0.3 is 0 Å². The second-order valence-electron chi connectivity index (χ2n) is 7.70. The van der Waals surface area contributed by atoms with Crippen molar-refractivity contribution < 1.29 is 9.90 Å². The van der Waals surface area contributed by atoms with Crippen LogP contribution in [0.1, 0.15) is 36.1 Å². The van der Waals surface area contributed by atoms with Crippen molar-refractivity contribution in [1.29, 1.82) is 0 Å². The lowest BCUT2D eigenvalue weighted by atomic mass is 9.81. The van der Waals surface area contributed by atoms with Gasteiger partial charge in [-0.05, 0) is 54.3 Å². The molecule has 0 unspecified atom stereocenters. The Labute approximate surface area is 166 Å². The van der Waals surface area contributed by atoms with Gasteiger partial charge in [-0.1, -0.05) is 18.2 Å². The van der Waals surface area contributed by atoms with Gasteiger partial charge in [-0.15, -0.1) is 0 Å². The van der Waals surface area contributed by atoms with Gasteiger partial charge in [0, 0.05) is 37.6 Å². The standard InChI is InChI=1S/C23H27N3O2/c1-3-4-16-5-6-20-19(13-16)23-18(21(15-27)25(20)2)9-12-26(23)22(28)14-17-7-10-24-11-8-17/h3-8,10-11,13,18,21,23,27H,9,12,14-15H2,1-2H3/b4-3+/t18-,21+,23-/m1/s1. The van der Waals surface area contributed by atoms with Crippen LogP contribution in [0, 0.1) is 5.92 Å². The molecule has 1 fully saturated rings. The van der Waals surface area contributed by atoms with Crippen LogP contribution in [-0.4, -0.2) is 47.1 Å². The molecule has 1 saturated heterocycles. The van der Waals surface area contributed by atoms with Crippen LogP contribution in [0.4, 0.5) is 5.69 Å². The van der Waals surface area contributed by atoms with Crippen LogP contribution < -0.4 is 4.90 Å². The Balaban J connectivity index is 1.71. The number of hydrogen-bond donors (Lipinski definition) is 1. The van der Waals surface area contributed by atoms with E-state index < -0.39 is 0 Å². The normalized spacial score (nSPS) is 23.8. The maximum absolute atomic E-state index is 13.2. The summed E-state index contributed by atoms with van der Waals surface area (Å²) in [5, 5.41) is 10.1. The first-order valence-corrected chi connectivity index (χ1v) is 9.92. The molecule has 5 heteroatoms. The maximum atomic E-state index is 13.2. The summed E-state index contributed by atoms with van der Waals surface area (Å²) in [5.41, 5.74) is 4.42. The number of pyridine rings is 1. The highest BCUT2D eigenvalue weighted by Crippen LogP contribution is 2.48.